The van der Waals surface area contributed by atoms with Crippen molar-refractivity contribution in [2.75, 3.05) is 0 Å². The Balaban J connectivity index is 1.55. The number of carbonyl (C=O) groups is 1. The molecule has 0 aromatic heterocycles. The zero-order chi connectivity index (χ0) is 22.7. The van der Waals surface area contributed by atoms with Gasteiger partial charge in [-0.25, -0.2) is 0 Å². The molecule has 0 radical (unpaired) electrons. The standard InChI is InChI=1S/C30H50O/c1-20-21(31)9-10-22-27(20,5)12-11-23-28(22,6)16-18-30(8)24-19-25(2,3)13-14-26(24,4)15-17-29(23,30)7/h20,22-24H,9-19H2,1-8H3/t20-,22+,23-,24+,26-,27+,28-,29+,30-/m0/s1. The summed E-state index contributed by atoms with van der Waals surface area (Å²) in [6.45, 7) is 20.7. The SMILES string of the molecule is C[C@H]1C(=O)CC[C@@H]2[C@]1(C)CC[C@H]1[C@@]2(C)CC[C@@]2(C)[C@@H]3CC(C)(C)CC[C@@]3(C)CC[C@]12C. The van der Waals surface area contributed by atoms with Crippen LogP contribution in [0.3, 0.4) is 0 Å². The van der Waals surface area contributed by atoms with Crippen LogP contribution in [0.5, 0.6) is 0 Å². The van der Waals surface area contributed by atoms with Gasteiger partial charge >= 0.3 is 0 Å². The van der Waals surface area contributed by atoms with Gasteiger partial charge in [-0.2, -0.15) is 0 Å². The summed E-state index contributed by atoms with van der Waals surface area (Å²) in [5.74, 6) is 3.27. The number of fused-ring (bicyclic) bond motifs is 7. The second-order valence-electron chi connectivity index (χ2n) is 15.3. The highest BCUT2D eigenvalue weighted by atomic mass is 16.1. The minimum Gasteiger partial charge on any atom is -0.299 e. The molecule has 0 spiro atoms. The van der Waals surface area contributed by atoms with E-state index in [1.807, 2.05) is 0 Å². The molecule has 1 heteroatoms. The van der Waals surface area contributed by atoms with E-state index in [0.29, 0.717) is 32.9 Å². The van der Waals surface area contributed by atoms with Crippen LogP contribution in [0.4, 0.5) is 0 Å². The van der Waals surface area contributed by atoms with E-state index in [4.69, 9.17) is 0 Å². The van der Waals surface area contributed by atoms with Crippen LogP contribution < -0.4 is 0 Å². The maximum atomic E-state index is 12.7. The quantitative estimate of drug-likeness (QED) is 0.379. The summed E-state index contributed by atoms with van der Waals surface area (Å²) in [5.41, 5.74) is 2.67. The Morgan fingerprint density at radius 2 is 1.26 bits per heavy atom. The lowest BCUT2D eigenvalue weighted by Gasteiger charge is -2.74. The molecule has 5 saturated carbocycles. The maximum Gasteiger partial charge on any atom is 0.136 e. The molecule has 0 aromatic rings. The molecule has 0 unspecified atom stereocenters. The number of rotatable bonds is 0. The molecule has 0 saturated heterocycles. The predicted octanol–water partition coefficient (Wildman–Crippen LogP) is 8.46. The Kier molecular flexibility index (Phi) is 4.65. The summed E-state index contributed by atoms with van der Waals surface area (Å²) in [6, 6.07) is 0. The van der Waals surface area contributed by atoms with E-state index in [0.717, 1.165) is 30.6 Å². The molecule has 1 nitrogen and oxygen atoms in total. The smallest absolute Gasteiger partial charge is 0.136 e. The molecule has 176 valence electrons. The van der Waals surface area contributed by atoms with E-state index in [-0.39, 0.29) is 11.3 Å². The summed E-state index contributed by atoms with van der Waals surface area (Å²) in [5, 5.41) is 0. The number of hydrogen-bond acceptors (Lipinski definition) is 1. The summed E-state index contributed by atoms with van der Waals surface area (Å²) in [4.78, 5) is 12.7. The number of ketones is 1. The van der Waals surface area contributed by atoms with E-state index in [9.17, 15) is 4.79 Å². The maximum absolute atomic E-state index is 12.7. The van der Waals surface area contributed by atoms with Gasteiger partial charge in [-0.05, 0) is 114 Å². The highest BCUT2D eigenvalue weighted by Crippen LogP contribution is 2.78. The minimum absolute atomic E-state index is 0.237. The van der Waals surface area contributed by atoms with Crippen molar-refractivity contribution < 1.29 is 4.79 Å². The van der Waals surface area contributed by atoms with Crippen molar-refractivity contribution in [1.29, 1.82) is 0 Å². The van der Waals surface area contributed by atoms with Gasteiger partial charge in [-0.15, -0.1) is 0 Å². The summed E-state index contributed by atoms with van der Waals surface area (Å²) < 4.78 is 0. The molecule has 5 aliphatic carbocycles. The van der Waals surface area contributed by atoms with E-state index in [2.05, 4.69) is 55.4 Å². The molecule has 0 bridgehead atoms. The molecule has 0 aliphatic heterocycles. The van der Waals surface area contributed by atoms with Gasteiger partial charge in [0.25, 0.3) is 0 Å². The second kappa shape index (κ2) is 6.41. The summed E-state index contributed by atoms with van der Waals surface area (Å²) in [7, 11) is 0. The van der Waals surface area contributed by atoms with Crippen LogP contribution in [-0.4, -0.2) is 5.78 Å². The van der Waals surface area contributed by atoms with Gasteiger partial charge in [0.2, 0.25) is 0 Å². The van der Waals surface area contributed by atoms with Crippen LogP contribution in [0, 0.1) is 56.2 Å². The highest BCUT2D eigenvalue weighted by Gasteiger charge is 2.70. The fraction of sp³-hybridized carbons (Fsp3) is 0.967. The van der Waals surface area contributed by atoms with E-state index in [1.54, 1.807) is 0 Å². The Labute approximate surface area is 192 Å². The minimum atomic E-state index is 0.237. The first-order chi connectivity index (χ1) is 14.2. The molecule has 0 amide bonds. The van der Waals surface area contributed by atoms with Gasteiger partial charge in [0.15, 0.2) is 0 Å². The van der Waals surface area contributed by atoms with Gasteiger partial charge in [-0.3, -0.25) is 4.79 Å². The molecular formula is C30H50O. The van der Waals surface area contributed by atoms with Gasteiger partial charge in [0.1, 0.15) is 5.78 Å². The molecular weight excluding hydrogens is 376 g/mol. The molecule has 0 heterocycles. The van der Waals surface area contributed by atoms with Crippen LogP contribution in [0.15, 0.2) is 0 Å². The molecule has 5 fully saturated rings. The number of hydrogen-bond donors (Lipinski definition) is 0. The van der Waals surface area contributed by atoms with Crippen LogP contribution in [0.25, 0.3) is 0 Å². The zero-order valence-corrected chi connectivity index (χ0v) is 22.0. The third-order valence-electron chi connectivity index (χ3n) is 13.7. The predicted molar refractivity (Wildman–Crippen MR) is 130 cm³/mol. The van der Waals surface area contributed by atoms with E-state index in [1.165, 1.54) is 57.8 Å². The molecule has 31 heavy (non-hydrogen) atoms. The first-order valence-electron chi connectivity index (χ1n) is 13.7. The molecule has 5 rings (SSSR count). The Hall–Kier alpha value is -0.330. The van der Waals surface area contributed by atoms with Gasteiger partial charge < -0.3 is 0 Å². The normalized spacial score (nSPS) is 58.5. The van der Waals surface area contributed by atoms with Crippen LogP contribution >= 0.6 is 0 Å². The van der Waals surface area contributed by atoms with Gasteiger partial charge in [-0.1, -0.05) is 55.4 Å². The van der Waals surface area contributed by atoms with Crippen molar-refractivity contribution in [2.45, 2.75) is 126 Å². The lowest BCUT2D eigenvalue weighted by Crippen LogP contribution is -2.67. The lowest BCUT2D eigenvalue weighted by molar-refractivity contribution is -0.256. The summed E-state index contributed by atoms with van der Waals surface area (Å²) in [6.07, 6.45) is 14.6. The average Bonchev–Trinajstić information content (AvgIpc) is 2.69. The van der Waals surface area contributed by atoms with Crippen molar-refractivity contribution >= 4 is 5.78 Å². The number of carbonyl (C=O) groups excluding carboxylic acids is 1. The Bertz CT molecular complexity index is 781. The first kappa shape index (κ1) is 22.5. The van der Waals surface area contributed by atoms with Crippen LogP contribution in [0.2, 0.25) is 0 Å². The van der Waals surface area contributed by atoms with Crippen molar-refractivity contribution in [2.24, 2.45) is 56.2 Å². The van der Waals surface area contributed by atoms with E-state index < -0.39 is 0 Å². The molecule has 0 N–H and O–H groups in total. The largest absolute Gasteiger partial charge is 0.299 e. The fourth-order valence-corrected chi connectivity index (χ4v) is 11.2. The molecule has 0 aromatic carbocycles. The van der Waals surface area contributed by atoms with Crippen LogP contribution in [0.1, 0.15) is 126 Å². The fourth-order valence-electron chi connectivity index (χ4n) is 11.2. The third-order valence-corrected chi connectivity index (χ3v) is 13.7. The van der Waals surface area contributed by atoms with Gasteiger partial charge in [0, 0.05) is 12.3 Å². The summed E-state index contributed by atoms with van der Waals surface area (Å²) >= 11 is 0. The number of Topliss-reactive ketones (excluding diaryl/α,β-unsaturated/α-hetero) is 1. The monoisotopic (exact) mass is 426 g/mol. The first-order valence-corrected chi connectivity index (χ1v) is 13.7. The second-order valence-corrected chi connectivity index (χ2v) is 15.3. The Morgan fingerprint density at radius 3 is 1.97 bits per heavy atom. The Morgan fingerprint density at radius 1 is 0.645 bits per heavy atom. The van der Waals surface area contributed by atoms with Crippen molar-refractivity contribution in [3.63, 3.8) is 0 Å². The molecule has 9 atom stereocenters. The molecule has 5 aliphatic rings. The average molecular weight is 427 g/mol. The van der Waals surface area contributed by atoms with Crippen molar-refractivity contribution in [3.05, 3.63) is 0 Å². The zero-order valence-electron chi connectivity index (χ0n) is 22.0. The lowest BCUT2D eigenvalue weighted by atomic mass is 9.30. The van der Waals surface area contributed by atoms with E-state index >= 15 is 0 Å². The highest BCUT2D eigenvalue weighted by molar-refractivity contribution is 5.82. The van der Waals surface area contributed by atoms with Crippen molar-refractivity contribution in [3.8, 4) is 0 Å². The topological polar surface area (TPSA) is 17.1 Å². The third kappa shape index (κ3) is 2.70. The van der Waals surface area contributed by atoms with Crippen molar-refractivity contribution in [1.82, 2.24) is 0 Å². The van der Waals surface area contributed by atoms with Crippen LogP contribution in [-0.2, 0) is 4.79 Å². The van der Waals surface area contributed by atoms with Gasteiger partial charge in [0.05, 0.1) is 0 Å².